The summed E-state index contributed by atoms with van der Waals surface area (Å²) in [6.45, 7) is 5.34. The molecule has 3 heterocycles. The molecule has 40 heavy (non-hydrogen) atoms. The number of fused-ring (bicyclic) bond motifs is 1. The molecule has 0 unspecified atom stereocenters. The van der Waals surface area contributed by atoms with Crippen molar-refractivity contribution in [2.45, 2.75) is 26.2 Å². The smallest absolute Gasteiger partial charge is 0.416 e. The molecule has 1 saturated heterocycles. The maximum atomic E-state index is 13.9. The molecule has 1 fully saturated rings. The number of methoxy groups -OCH3 is 1. The van der Waals surface area contributed by atoms with Crippen LogP contribution in [-0.2, 0) is 19.3 Å². The number of nitrogens with one attached hydrogen (secondary N) is 4. The minimum Gasteiger partial charge on any atom is -0.496 e. The number of amides is 1. The van der Waals surface area contributed by atoms with Gasteiger partial charge in [-0.3, -0.25) is 9.69 Å². The van der Waals surface area contributed by atoms with Crippen LogP contribution in [0.4, 0.5) is 24.5 Å². The van der Waals surface area contributed by atoms with E-state index in [-0.39, 0.29) is 17.7 Å². The molecule has 0 aliphatic carbocycles. The van der Waals surface area contributed by atoms with Crippen molar-refractivity contribution in [2.24, 2.45) is 0 Å². The summed E-state index contributed by atoms with van der Waals surface area (Å²) < 4.78 is 47.4. The van der Waals surface area contributed by atoms with Crippen LogP contribution in [0.5, 0.6) is 5.75 Å². The zero-order valence-corrected chi connectivity index (χ0v) is 22.3. The highest BCUT2D eigenvalue weighted by atomic mass is 19.4. The molecule has 0 atom stereocenters. The average Bonchev–Trinajstić information content (AvgIpc) is 3.42. The van der Waals surface area contributed by atoms with Crippen molar-refractivity contribution in [1.82, 2.24) is 20.2 Å². The topological polar surface area (TPSA) is 94.3 Å². The molecule has 1 aliphatic rings. The van der Waals surface area contributed by atoms with Gasteiger partial charge in [-0.15, -0.1) is 0 Å². The quantitative estimate of drug-likeness (QED) is 0.241. The Kier molecular flexibility index (Phi) is 7.95. The first-order valence-corrected chi connectivity index (χ1v) is 13.0. The van der Waals surface area contributed by atoms with Gasteiger partial charge in [0.25, 0.3) is 5.91 Å². The zero-order chi connectivity index (χ0) is 28.3. The number of hydrogen-bond acceptors (Lipinski definition) is 6. The number of benzene rings is 2. The first-order valence-electron chi connectivity index (χ1n) is 13.0. The Hall–Kier alpha value is -4.09. The molecule has 0 saturated carbocycles. The van der Waals surface area contributed by atoms with Gasteiger partial charge in [0.15, 0.2) is 0 Å². The number of carbonyl (C=O) groups is 1. The summed E-state index contributed by atoms with van der Waals surface area (Å²) in [5.41, 5.74) is 3.06. The summed E-state index contributed by atoms with van der Waals surface area (Å²) in [5, 5.41) is 10.2. The number of alkyl halides is 3. The van der Waals surface area contributed by atoms with E-state index in [4.69, 9.17) is 4.74 Å². The monoisotopic (exact) mass is 552 g/mol. The van der Waals surface area contributed by atoms with Gasteiger partial charge in [-0.25, -0.2) is 4.98 Å². The normalized spacial score (nSPS) is 14.3. The summed E-state index contributed by atoms with van der Waals surface area (Å²) in [6.07, 6.45) is -1.04. The predicted molar refractivity (Wildman–Crippen MR) is 149 cm³/mol. The minimum atomic E-state index is -4.57. The number of H-pyrrole nitrogens is 1. The average molecular weight is 553 g/mol. The Morgan fingerprint density at radius 3 is 2.65 bits per heavy atom. The molecule has 210 valence electrons. The van der Waals surface area contributed by atoms with Crippen molar-refractivity contribution < 1.29 is 22.7 Å². The molecule has 8 nitrogen and oxygen atoms in total. The largest absolute Gasteiger partial charge is 0.496 e. The fourth-order valence-corrected chi connectivity index (χ4v) is 4.91. The third-order valence-electron chi connectivity index (χ3n) is 7.06. The van der Waals surface area contributed by atoms with E-state index in [1.165, 1.54) is 12.1 Å². The number of aromatic amines is 1. The number of carbonyl (C=O) groups excluding carboxylic acids is 1. The highest BCUT2D eigenvalue weighted by Crippen LogP contribution is 2.34. The molecule has 0 spiro atoms. The lowest BCUT2D eigenvalue weighted by Crippen LogP contribution is -2.43. The maximum Gasteiger partial charge on any atom is 0.416 e. The third-order valence-corrected chi connectivity index (χ3v) is 7.06. The van der Waals surface area contributed by atoms with Crippen LogP contribution >= 0.6 is 0 Å². The van der Waals surface area contributed by atoms with Crippen LogP contribution in [0.15, 0.2) is 54.9 Å². The molecule has 5 rings (SSSR count). The fraction of sp³-hybridized carbons (Fsp3) is 0.310. The first kappa shape index (κ1) is 27.5. The molecule has 11 heteroatoms. The van der Waals surface area contributed by atoms with Crippen molar-refractivity contribution >= 4 is 28.3 Å². The van der Waals surface area contributed by atoms with Crippen LogP contribution in [0.3, 0.4) is 0 Å². The number of piperazine rings is 1. The van der Waals surface area contributed by atoms with Gasteiger partial charge < -0.3 is 25.7 Å². The van der Waals surface area contributed by atoms with Crippen molar-refractivity contribution in [3.8, 4) is 5.75 Å². The second-order valence-electron chi connectivity index (χ2n) is 9.79. The molecule has 4 N–H and O–H groups in total. The molecule has 0 bridgehead atoms. The first-order chi connectivity index (χ1) is 19.2. The Balaban J connectivity index is 1.31. The summed E-state index contributed by atoms with van der Waals surface area (Å²) >= 11 is 0. The van der Waals surface area contributed by atoms with Crippen molar-refractivity contribution in [2.75, 3.05) is 43.9 Å². The number of anilines is 2. The number of hydrogen-bond donors (Lipinski definition) is 4. The lowest BCUT2D eigenvalue weighted by molar-refractivity contribution is -0.138. The van der Waals surface area contributed by atoms with Gasteiger partial charge in [-0.1, -0.05) is 12.1 Å². The van der Waals surface area contributed by atoms with E-state index >= 15 is 0 Å². The van der Waals surface area contributed by atoms with Gasteiger partial charge in [0, 0.05) is 74.2 Å². The molecule has 4 aromatic rings. The third kappa shape index (κ3) is 6.05. The molecular formula is C29H31F3N6O2. The Morgan fingerprint density at radius 1 is 1.10 bits per heavy atom. The lowest BCUT2D eigenvalue weighted by atomic mass is 10.0. The van der Waals surface area contributed by atoms with Crippen LogP contribution in [0.1, 0.15) is 32.6 Å². The van der Waals surface area contributed by atoms with E-state index in [1.54, 1.807) is 31.6 Å². The number of nitrogens with zero attached hydrogens (tertiary/aromatic N) is 2. The van der Waals surface area contributed by atoms with E-state index in [0.717, 1.165) is 47.0 Å². The van der Waals surface area contributed by atoms with Gasteiger partial charge in [0.05, 0.1) is 18.1 Å². The molecule has 0 radical (unpaired) electrons. The molecule has 2 aromatic carbocycles. The maximum absolute atomic E-state index is 13.9. The molecule has 1 aliphatic heterocycles. The Labute approximate surface area is 229 Å². The van der Waals surface area contributed by atoms with E-state index in [2.05, 4.69) is 25.9 Å². The highest BCUT2D eigenvalue weighted by molar-refractivity contribution is 6.04. The lowest BCUT2D eigenvalue weighted by Gasteiger charge is -2.28. The minimum absolute atomic E-state index is 0.0536. The van der Waals surface area contributed by atoms with Crippen LogP contribution in [0.2, 0.25) is 0 Å². The van der Waals surface area contributed by atoms with Gasteiger partial charge in [0.1, 0.15) is 11.4 Å². The number of ether oxygens (including phenoxy) is 1. The highest BCUT2D eigenvalue weighted by Gasteiger charge is 2.34. The van der Waals surface area contributed by atoms with Gasteiger partial charge >= 0.3 is 6.18 Å². The molecule has 2 aromatic heterocycles. The molecule has 1 amide bonds. The summed E-state index contributed by atoms with van der Waals surface area (Å²) in [4.78, 5) is 22.5. The van der Waals surface area contributed by atoms with E-state index in [0.29, 0.717) is 31.1 Å². The number of rotatable bonds is 8. The van der Waals surface area contributed by atoms with Crippen molar-refractivity contribution in [3.63, 3.8) is 0 Å². The van der Waals surface area contributed by atoms with Crippen LogP contribution in [-0.4, -0.2) is 54.1 Å². The van der Waals surface area contributed by atoms with E-state index in [1.807, 2.05) is 24.0 Å². The van der Waals surface area contributed by atoms with E-state index in [9.17, 15) is 18.0 Å². The molecular weight excluding hydrogens is 521 g/mol. The summed E-state index contributed by atoms with van der Waals surface area (Å²) in [5.74, 6) is 0.0968. The van der Waals surface area contributed by atoms with Gasteiger partial charge in [-0.2, -0.15) is 13.2 Å². The van der Waals surface area contributed by atoms with Crippen molar-refractivity contribution in [1.29, 1.82) is 0 Å². The second kappa shape index (κ2) is 11.6. The SMILES string of the molecule is COc1c(CNc2cc(NC(=O)c3ccc(CN4CCNCC4)c(C(F)(F)F)c3)ccc2C)cnc2[nH]ccc12. The number of halogens is 3. The van der Waals surface area contributed by atoms with Crippen LogP contribution < -0.4 is 20.7 Å². The van der Waals surface area contributed by atoms with Crippen LogP contribution in [0, 0.1) is 6.92 Å². The standard InChI is InChI=1S/C29H31F3N6O2/c1-18-3-6-22(14-25(18)35-15-21-16-36-27-23(7-8-34-27)26(21)40-2)37-28(39)19-4-5-20(24(13-19)29(30,31)32)17-38-11-9-33-10-12-38/h3-8,13-14,16,33,35H,9-12,15,17H2,1-2H3,(H,34,36)(H,37,39). The summed E-state index contributed by atoms with van der Waals surface area (Å²) in [6, 6.07) is 11.0. The van der Waals surface area contributed by atoms with Gasteiger partial charge in [0.2, 0.25) is 0 Å². The Morgan fingerprint density at radius 2 is 1.90 bits per heavy atom. The number of pyridine rings is 1. The number of aryl methyl sites for hydroxylation is 1. The number of aromatic nitrogens is 2. The van der Waals surface area contributed by atoms with Crippen LogP contribution in [0.25, 0.3) is 11.0 Å². The Bertz CT molecular complexity index is 1510. The zero-order valence-electron chi connectivity index (χ0n) is 22.3. The van der Waals surface area contributed by atoms with Crippen molar-refractivity contribution in [3.05, 3.63) is 82.7 Å². The fourth-order valence-electron chi connectivity index (χ4n) is 4.91. The summed E-state index contributed by atoms with van der Waals surface area (Å²) in [7, 11) is 1.61. The van der Waals surface area contributed by atoms with E-state index < -0.39 is 17.6 Å². The predicted octanol–water partition coefficient (Wildman–Crippen LogP) is 5.17. The van der Waals surface area contributed by atoms with Gasteiger partial charge in [-0.05, 0) is 48.4 Å². The second-order valence-corrected chi connectivity index (χ2v) is 9.79.